The highest BCUT2D eigenvalue weighted by atomic mass is 32.1. The van der Waals surface area contributed by atoms with Gasteiger partial charge in [-0.2, -0.15) is 5.26 Å². The molecule has 5 aromatic rings. The quantitative estimate of drug-likeness (QED) is 0.415. The van der Waals surface area contributed by atoms with Crippen LogP contribution in [0.3, 0.4) is 0 Å². The second kappa shape index (κ2) is 9.49. The largest absolute Gasteiger partial charge is 0.355 e. The molecule has 2 aromatic heterocycles. The van der Waals surface area contributed by atoms with Gasteiger partial charge in [0.05, 0.1) is 15.6 Å². The number of benzene rings is 3. The van der Waals surface area contributed by atoms with E-state index in [2.05, 4.69) is 10.5 Å². The summed E-state index contributed by atoms with van der Waals surface area (Å²) in [6.07, 6.45) is 1.75. The molecular formula is C28H20N4O3S. The number of rotatable bonds is 4. The number of nitriles is 1. The first-order chi connectivity index (χ1) is 17.5. The second-order valence-corrected chi connectivity index (χ2v) is 9.14. The molecule has 176 valence electrons. The molecule has 0 atom stereocenters. The number of hydrogen-bond donors (Lipinski definition) is 1. The normalized spacial score (nSPS) is 12.4. The van der Waals surface area contributed by atoms with E-state index < -0.39 is 5.91 Å². The Bertz CT molecular complexity index is 1820. The lowest BCUT2D eigenvalue weighted by molar-refractivity contribution is -0.115. The van der Waals surface area contributed by atoms with Gasteiger partial charge in [0.25, 0.3) is 11.5 Å². The predicted molar refractivity (Wildman–Crippen MR) is 140 cm³/mol. The van der Waals surface area contributed by atoms with Crippen LogP contribution in [0.5, 0.6) is 0 Å². The van der Waals surface area contributed by atoms with E-state index in [0.29, 0.717) is 21.5 Å². The molecular weight excluding hydrogens is 472 g/mol. The summed E-state index contributed by atoms with van der Waals surface area (Å²) in [7, 11) is 1.45. The van der Waals surface area contributed by atoms with Gasteiger partial charge >= 0.3 is 0 Å². The number of thiazole rings is 1. The Kier molecular flexibility index (Phi) is 6.07. The highest BCUT2D eigenvalue weighted by Crippen LogP contribution is 2.29. The van der Waals surface area contributed by atoms with Crippen LogP contribution in [0, 0.1) is 18.3 Å². The Morgan fingerprint density at radius 2 is 1.86 bits per heavy atom. The van der Waals surface area contributed by atoms with Gasteiger partial charge in [-0.15, -0.1) is 11.3 Å². The number of nitrogens with one attached hydrogen (secondary N) is 1. The standard InChI is InChI=1S/C28H20N4O3S/c1-17-8-11-19(12-9-17)25-21-14-18(10-13-23(21)31-35-25)15-24-27(34)32(20-6-4-3-5-7-20)28(36-24)22(16-29)26(33)30-2/h3-15H,1-2H3,(H,30,33)/b24-15+,28-22-. The number of nitrogens with zero attached hydrogens (tertiary/aromatic N) is 3. The summed E-state index contributed by atoms with van der Waals surface area (Å²) < 4.78 is 7.68. The zero-order valence-electron chi connectivity index (χ0n) is 19.5. The molecule has 1 amide bonds. The average Bonchev–Trinajstić information content (AvgIpc) is 3.46. The van der Waals surface area contributed by atoms with Crippen molar-refractivity contribution in [2.45, 2.75) is 6.92 Å². The zero-order valence-corrected chi connectivity index (χ0v) is 20.3. The molecule has 0 spiro atoms. The van der Waals surface area contributed by atoms with Gasteiger partial charge < -0.3 is 9.84 Å². The van der Waals surface area contributed by atoms with Gasteiger partial charge in [-0.05, 0) is 42.8 Å². The van der Waals surface area contributed by atoms with Crippen LogP contribution in [0.25, 0.3) is 39.6 Å². The van der Waals surface area contributed by atoms with Gasteiger partial charge in [0, 0.05) is 12.6 Å². The maximum atomic E-state index is 13.5. The molecule has 8 heteroatoms. The van der Waals surface area contributed by atoms with Crippen LogP contribution in [-0.4, -0.2) is 22.7 Å². The Hall–Kier alpha value is -4.74. The number of hydrogen-bond acceptors (Lipinski definition) is 6. The van der Waals surface area contributed by atoms with Gasteiger partial charge in [0.2, 0.25) is 0 Å². The molecule has 0 radical (unpaired) electrons. The summed E-state index contributed by atoms with van der Waals surface area (Å²) in [5, 5.41) is 17.2. The van der Waals surface area contributed by atoms with Gasteiger partial charge in [-0.25, -0.2) is 0 Å². The maximum Gasteiger partial charge on any atom is 0.273 e. The fourth-order valence-electron chi connectivity index (χ4n) is 3.90. The molecule has 3 aromatic carbocycles. The van der Waals surface area contributed by atoms with Gasteiger partial charge in [0.1, 0.15) is 16.2 Å². The third-order valence-corrected chi connectivity index (χ3v) is 6.82. The van der Waals surface area contributed by atoms with E-state index in [1.54, 1.807) is 30.3 Å². The molecule has 36 heavy (non-hydrogen) atoms. The fraction of sp³-hybridized carbons (Fsp3) is 0.0714. The van der Waals surface area contributed by atoms with E-state index in [4.69, 9.17) is 4.52 Å². The lowest BCUT2D eigenvalue weighted by Crippen LogP contribution is -2.33. The number of aryl methyl sites for hydroxylation is 1. The molecule has 0 aliphatic rings. The van der Waals surface area contributed by atoms with Crippen molar-refractivity contribution in [2.24, 2.45) is 0 Å². The summed E-state index contributed by atoms with van der Waals surface area (Å²) in [6, 6.07) is 24.5. The number of amides is 1. The molecule has 0 bridgehead atoms. The molecule has 0 fully saturated rings. The van der Waals surface area contributed by atoms with E-state index in [1.807, 2.05) is 61.5 Å². The fourth-order valence-corrected chi connectivity index (χ4v) is 5.00. The highest BCUT2D eigenvalue weighted by molar-refractivity contribution is 7.07. The van der Waals surface area contributed by atoms with Crippen molar-refractivity contribution >= 4 is 39.8 Å². The van der Waals surface area contributed by atoms with Crippen LogP contribution in [0.15, 0.2) is 82.1 Å². The zero-order chi connectivity index (χ0) is 25.2. The van der Waals surface area contributed by atoms with Crippen molar-refractivity contribution in [3.63, 3.8) is 0 Å². The Labute approximate surface area is 209 Å². The van der Waals surface area contributed by atoms with Crippen molar-refractivity contribution in [3.05, 3.63) is 103 Å². The molecule has 0 saturated heterocycles. The first-order valence-corrected chi connectivity index (χ1v) is 11.9. The lowest BCUT2D eigenvalue weighted by Gasteiger charge is -2.02. The molecule has 0 unspecified atom stereocenters. The summed E-state index contributed by atoms with van der Waals surface area (Å²) >= 11 is 1.10. The van der Waals surface area contributed by atoms with Crippen LogP contribution >= 0.6 is 11.3 Å². The Morgan fingerprint density at radius 1 is 1.11 bits per heavy atom. The minimum Gasteiger partial charge on any atom is -0.355 e. The van der Waals surface area contributed by atoms with Crippen LogP contribution < -0.4 is 20.1 Å². The van der Waals surface area contributed by atoms with Crippen LogP contribution in [0.1, 0.15) is 11.1 Å². The second-order valence-electron chi connectivity index (χ2n) is 8.11. The monoisotopic (exact) mass is 492 g/mol. The van der Waals surface area contributed by atoms with Crippen LogP contribution in [0.4, 0.5) is 0 Å². The summed E-state index contributed by atoms with van der Waals surface area (Å²) in [5.41, 5.74) is 3.65. The minimum atomic E-state index is -0.552. The third-order valence-electron chi connectivity index (χ3n) is 5.73. The topological polar surface area (TPSA) is 101 Å². The van der Waals surface area contributed by atoms with E-state index in [9.17, 15) is 14.9 Å². The van der Waals surface area contributed by atoms with Crippen molar-refractivity contribution in [1.29, 1.82) is 5.26 Å². The molecule has 0 aliphatic heterocycles. The molecule has 2 heterocycles. The van der Waals surface area contributed by atoms with Crippen molar-refractivity contribution in [1.82, 2.24) is 15.0 Å². The first kappa shape index (κ1) is 23.0. The van der Waals surface area contributed by atoms with Crippen molar-refractivity contribution < 1.29 is 9.32 Å². The summed E-state index contributed by atoms with van der Waals surface area (Å²) in [5.74, 6) is 0.0946. The maximum absolute atomic E-state index is 13.5. The van der Waals surface area contributed by atoms with E-state index in [-0.39, 0.29) is 15.8 Å². The SMILES string of the molecule is CNC(=O)/C(C#N)=c1\s/c(=C/c2ccc3noc(-c4ccc(C)cc4)c3c2)c(=O)n1-c1ccccc1. The van der Waals surface area contributed by atoms with Crippen molar-refractivity contribution in [2.75, 3.05) is 7.05 Å². The van der Waals surface area contributed by atoms with Crippen molar-refractivity contribution in [3.8, 4) is 23.1 Å². The van der Waals surface area contributed by atoms with Gasteiger partial charge in [-0.3, -0.25) is 14.2 Å². The van der Waals surface area contributed by atoms with Crippen LogP contribution in [-0.2, 0) is 4.79 Å². The predicted octanol–water partition coefficient (Wildman–Crippen LogP) is 3.26. The molecule has 7 nitrogen and oxygen atoms in total. The van der Waals surface area contributed by atoms with Crippen LogP contribution in [0.2, 0.25) is 0 Å². The number of carbonyl (C=O) groups is 1. The van der Waals surface area contributed by atoms with Gasteiger partial charge in [-0.1, -0.05) is 59.3 Å². The van der Waals surface area contributed by atoms with Gasteiger partial charge in [0.15, 0.2) is 11.3 Å². The molecule has 1 N–H and O–H groups in total. The molecule has 0 saturated carbocycles. The molecule has 5 rings (SSSR count). The average molecular weight is 493 g/mol. The van der Waals surface area contributed by atoms with E-state index in [0.717, 1.165) is 33.4 Å². The summed E-state index contributed by atoms with van der Waals surface area (Å²) in [4.78, 5) is 25.9. The Balaban J connectivity index is 1.74. The minimum absolute atomic E-state index is 0.126. The number of aromatic nitrogens is 2. The number of fused-ring (bicyclic) bond motifs is 1. The number of para-hydroxylation sites is 1. The van der Waals surface area contributed by atoms with E-state index in [1.165, 1.54) is 11.6 Å². The Morgan fingerprint density at radius 3 is 2.56 bits per heavy atom. The summed E-state index contributed by atoms with van der Waals surface area (Å²) in [6.45, 7) is 2.02. The smallest absolute Gasteiger partial charge is 0.273 e. The highest BCUT2D eigenvalue weighted by Gasteiger charge is 2.16. The lowest BCUT2D eigenvalue weighted by atomic mass is 10.1. The van der Waals surface area contributed by atoms with E-state index >= 15 is 0 Å². The third kappa shape index (κ3) is 4.13. The first-order valence-electron chi connectivity index (χ1n) is 11.1. The molecule has 0 aliphatic carbocycles. The number of carbonyl (C=O) groups excluding carboxylic acids is 1.